The molecule has 2 saturated carbocycles. The zero-order chi connectivity index (χ0) is 8.98. The molecule has 2 nitrogen and oxygen atoms in total. The summed E-state index contributed by atoms with van der Waals surface area (Å²) in [6.07, 6.45) is 2.97. The van der Waals surface area contributed by atoms with E-state index < -0.39 is 0 Å². The average molecular weight is 170 g/mol. The Morgan fingerprint density at radius 3 is 2.33 bits per heavy atom. The Hall–Kier alpha value is -0.0800. The molecule has 2 fully saturated rings. The van der Waals surface area contributed by atoms with E-state index >= 15 is 0 Å². The van der Waals surface area contributed by atoms with E-state index in [-0.39, 0.29) is 23.5 Å². The highest BCUT2D eigenvalue weighted by molar-refractivity contribution is 5.12. The highest BCUT2D eigenvalue weighted by Crippen LogP contribution is 2.65. The van der Waals surface area contributed by atoms with E-state index in [2.05, 4.69) is 13.8 Å². The van der Waals surface area contributed by atoms with Gasteiger partial charge in [-0.1, -0.05) is 13.8 Å². The summed E-state index contributed by atoms with van der Waals surface area (Å²) >= 11 is 0. The van der Waals surface area contributed by atoms with E-state index in [9.17, 15) is 10.2 Å². The summed E-state index contributed by atoms with van der Waals surface area (Å²) < 4.78 is 0. The molecule has 0 unspecified atom stereocenters. The van der Waals surface area contributed by atoms with Crippen molar-refractivity contribution in [2.75, 3.05) is 6.61 Å². The van der Waals surface area contributed by atoms with Crippen molar-refractivity contribution in [3.8, 4) is 0 Å². The second-order valence-corrected chi connectivity index (χ2v) is 4.98. The molecule has 2 aliphatic carbocycles. The van der Waals surface area contributed by atoms with Crippen LogP contribution in [0.5, 0.6) is 0 Å². The van der Waals surface area contributed by atoms with E-state index in [1.54, 1.807) is 0 Å². The molecule has 2 rings (SSSR count). The van der Waals surface area contributed by atoms with Gasteiger partial charge in [-0.15, -0.1) is 0 Å². The van der Waals surface area contributed by atoms with Crippen molar-refractivity contribution in [1.82, 2.24) is 0 Å². The van der Waals surface area contributed by atoms with Crippen LogP contribution in [0.1, 0.15) is 33.1 Å². The zero-order valence-electron chi connectivity index (χ0n) is 7.88. The first-order valence-corrected chi connectivity index (χ1v) is 4.83. The first-order chi connectivity index (χ1) is 5.54. The third-order valence-corrected chi connectivity index (χ3v) is 4.79. The molecule has 70 valence electrons. The topological polar surface area (TPSA) is 40.5 Å². The maximum atomic E-state index is 9.83. The van der Waals surface area contributed by atoms with E-state index in [4.69, 9.17) is 0 Å². The van der Waals surface area contributed by atoms with Crippen LogP contribution in [0.4, 0.5) is 0 Å². The van der Waals surface area contributed by atoms with E-state index in [0.29, 0.717) is 5.92 Å². The SMILES string of the molecule is C[C@]12CC[C@H](C[C@@H]1O)[C@@]2(C)CO. The summed E-state index contributed by atoms with van der Waals surface area (Å²) in [4.78, 5) is 0. The first kappa shape index (κ1) is 8.52. The maximum Gasteiger partial charge on any atom is 0.0602 e. The summed E-state index contributed by atoms with van der Waals surface area (Å²) in [7, 11) is 0. The van der Waals surface area contributed by atoms with E-state index in [1.165, 1.54) is 6.42 Å². The number of hydrogen-bond donors (Lipinski definition) is 2. The van der Waals surface area contributed by atoms with Crippen LogP contribution in [0.2, 0.25) is 0 Å². The van der Waals surface area contributed by atoms with Crippen LogP contribution in [-0.2, 0) is 0 Å². The molecular formula is C10H18O2. The highest BCUT2D eigenvalue weighted by atomic mass is 16.3. The summed E-state index contributed by atoms with van der Waals surface area (Å²) in [6.45, 7) is 4.48. The van der Waals surface area contributed by atoms with Crippen LogP contribution in [0.3, 0.4) is 0 Å². The Bertz CT molecular complexity index is 202. The Kier molecular flexibility index (Phi) is 1.59. The second-order valence-electron chi connectivity index (χ2n) is 4.98. The van der Waals surface area contributed by atoms with Gasteiger partial charge in [-0.05, 0) is 25.2 Å². The minimum atomic E-state index is -0.187. The maximum absolute atomic E-state index is 9.83. The molecule has 0 radical (unpaired) electrons. The smallest absolute Gasteiger partial charge is 0.0602 e. The van der Waals surface area contributed by atoms with Crippen LogP contribution < -0.4 is 0 Å². The summed E-state index contributed by atoms with van der Waals surface area (Å²) in [5.74, 6) is 0.544. The van der Waals surface area contributed by atoms with Crippen molar-refractivity contribution in [3.63, 3.8) is 0 Å². The van der Waals surface area contributed by atoms with Crippen LogP contribution in [0, 0.1) is 16.7 Å². The van der Waals surface area contributed by atoms with Crippen LogP contribution in [0.25, 0.3) is 0 Å². The molecule has 2 bridgehead atoms. The van der Waals surface area contributed by atoms with Gasteiger partial charge in [0.05, 0.1) is 6.10 Å². The van der Waals surface area contributed by atoms with Gasteiger partial charge < -0.3 is 10.2 Å². The summed E-state index contributed by atoms with van der Waals surface area (Å²) in [5, 5.41) is 19.2. The van der Waals surface area contributed by atoms with E-state index in [0.717, 1.165) is 12.8 Å². The third kappa shape index (κ3) is 0.686. The minimum absolute atomic E-state index is 0.0214. The lowest BCUT2D eigenvalue weighted by Crippen LogP contribution is -2.39. The van der Waals surface area contributed by atoms with Gasteiger partial charge in [-0.25, -0.2) is 0 Å². The molecule has 0 aromatic rings. The normalized spacial score (nSPS) is 58.0. The Morgan fingerprint density at radius 1 is 1.42 bits per heavy atom. The van der Waals surface area contributed by atoms with Crippen molar-refractivity contribution >= 4 is 0 Å². The standard InChI is InChI=1S/C10H18O2/c1-9-4-3-7(5-8(9)12)10(9,2)6-11/h7-8,11-12H,3-6H2,1-2H3/t7-,8+,9+,10-/m1/s1. The molecule has 0 amide bonds. The Labute approximate surface area is 73.6 Å². The number of hydrogen-bond acceptors (Lipinski definition) is 2. The monoisotopic (exact) mass is 170 g/mol. The lowest BCUT2D eigenvalue weighted by Gasteiger charge is -2.38. The molecule has 0 saturated heterocycles. The van der Waals surface area contributed by atoms with Crippen molar-refractivity contribution in [1.29, 1.82) is 0 Å². The number of fused-ring (bicyclic) bond motifs is 2. The van der Waals surface area contributed by atoms with Crippen molar-refractivity contribution in [3.05, 3.63) is 0 Å². The minimum Gasteiger partial charge on any atom is -0.396 e. The van der Waals surface area contributed by atoms with Crippen LogP contribution in [0.15, 0.2) is 0 Å². The third-order valence-electron chi connectivity index (χ3n) is 4.79. The molecular weight excluding hydrogens is 152 g/mol. The van der Waals surface area contributed by atoms with Gasteiger partial charge in [-0.2, -0.15) is 0 Å². The van der Waals surface area contributed by atoms with E-state index in [1.807, 2.05) is 0 Å². The quantitative estimate of drug-likeness (QED) is 0.620. The summed E-state index contributed by atoms with van der Waals surface area (Å²) in [5.41, 5.74) is -0.0428. The van der Waals surface area contributed by atoms with Gasteiger partial charge in [0.25, 0.3) is 0 Å². The lowest BCUT2D eigenvalue weighted by molar-refractivity contribution is -0.0213. The van der Waals surface area contributed by atoms with Gasteiger partial charge in [0, 0.05) is 17.4 Å². The van der Waals surface area contributed by atoms with Crippen molar-refractivity contribution in [2.45, 2.75) is 39.2 Å². The second kappa shape index (κ2) is 2.24. The Morgan fingerprint density at radius 2 is 2.08 bits per heavy atom. The first-order valence-electron chi connectivity index (χ1n) is 4.83. The molecule has 4 atom stereocenters. The molecule has 0 aromatic carbocycles. The highest BCUT2D eigenvalue weighted by Gasteiger charge is 2.63. The number of aliphatic hydroxyl groups is 2. The fourth-order valence-electron chi connectivity index (χ4n) is 3.31. The van der Waals surface area contributed by atoms with Crippen molar-refractivity contribution in [2.24, 2.45) is 16.7 Å². The van der Waals surface area contributed by atoms with Gasteiger partial charge in [-0.3, -0.25) is 0 Å². The predicted molar refractivity (Wildman–Crippen MR) is 46.6 cm³/mol. The van der Waals surface area contributed by atoms with Crippen LogP contribution >= 0.6 is 0 Å². The molecule has 2 N–H and O–H groups in total. The van der Waals surface area contributed by atoms with Crippen molar-refractivity contribution < 1.29 is 10.2 Å². The van der Waals surface area contributed by atoms with Gasteiger partial charge in [0.15, 0.2) is 0 Å². The van der Waals surface area contributed by atoms with Gasteiger partial charge in [0.2, 0.25) is 0 Å². The molecule has 0 spiro atoms. The zero-order valence-corrected chi connectivity index (χ0v) is 7.88. The molecule has 0 aromatic heterocycles. The predicted octanol–water partition coefficient (Wildman–Crippen LogP) is 1.17. The average Bonchev–Trinajstić information content (AvgIpc) is 2.39. The van der Waals surface area contributed by atoms with Crippen LogP contribution in [-0.4, -0.2) is 22.9 Å². The molecule has 2 aliphatic rings. The fraction of sp³-hybridized carbons (Fsp3) is 1.00. The Balaban J connectivity index is 2.38. The molecule has 2 heteroatoms. The molecule has 0 aliphatic heterocycles. The number of aliphatic hydroxyl groups excluding tert-OH is 2. The molecule has 12 heavy (non-hydrogen) atoms. The van der Waals surface area contributed by atoms with Gasteiger partial charge >= 0.3 is 0 Å². The summed E-state index contributed by atoms with van der Waals surface area (Å²) in [6, 6.07) is 0. The fourth-order valence-corrected chi connectivity index (χ4v) is 3.31. The largest absolute Gasteiger partial charge is 0.396 e. The lowest BCUT2D eigenvalue weighted by atomic mass is 9.69. The van der Waals surface area contributed by atoms with Gasteiger partial charge in [0.1, 0.15) is 0 Å². The molecule has 0 heterocycles. The number of rotatable bonds is 1.